The van der Waals surface area contributed by atoms with Crippen molar-refractivity contribution >= 4 is 11.8 Å². The Labute approximate surface area is 152 Å². The van der Waals surface area contributed by atoms with Crippen LogP contribution in [0.15, 0.2) is 34.9 Å². The molecule has 0 radical (unpaired) electrons. The first-order valence-electron chi connectivity index (χ1n) is 9.06. The number of piperidine rings is 1. The predicted molar refractivity (Wildman–Crippen MR) is 95.2 cm³/mol. The third kappa shape index (κ3) is 4.68. The molecule has 138 valence electrons. The van der Waals surface area contributed by atoms with Crippen LogP contribution in [0.2, 0.25) is 0 Å². The van der Waals surface area contributed by atoms with E-state index in [2.05, 4.69) is 15.5 Å². The second-order valence-electron chi connectivity index (χ2n) is 6.48. The molecule has 7 heteroatoms. The standard InChI is InChI=1S/C19H24N4O3/c1-2-23-13-15(8-9-18(23)24)19(25)20-11-10-17-21-16(22-26-17)12-14-6-4-3-5-7-14/h3-7,15H,2,8-13H2,1H3,(H,20,25)/t15-/m1/s1. The van der Waals surface area contributed by atoms with E-state index < -0.39 is 0 Å². The summed E-state index contributed by atoms with van der Waals surface area (Å²) < 4.78 is 5.25. The molecule has 0 spiro atoms. The third-order valence-electron chi connectivity index (χ3n) is 4.61. The van der Waals surface area contributed by atoms with Crippen molar-refractivity contribution < 1.29 is 14.1 Å². The number of benzene rings is 1. The highest BCUT2D eigenvalue weighted by atomic mass is 16.5. The first-order valence-corrected chi connectivity index (χ1v) is 9.06. The van der Waals surface area contributed by atoms with Crippen LogP contribution in [0, 0.1) is 5.92 Å². The van der Waals surface area contributed by atoms with Gasteiger partial charge in [0.15, 0.2) is 5.82 Å². The second-order valence-corrected chi connectivity index (χ2v) is 6.48. The van der Waals surface area contributed by atoms with E-state index in [9.17, 15) is 9.59 Å². The molecule has 7 nitrogen and oxygen atoms in total. The second kappa shape index (κ2) is 8.60. The van der Waals surface area contributed by atoms with Gasteiger partial charge in [-0.3, -0.25) is 9.59 Å². The third-order valence-corrected chi connectivity index (χ3v) is 4.61. The Kier molecular flexibility index (Phi) is 5.99. The van der Waals surface area contributed by atoms with Crippen LogP contribution in [0.1, 0.15) is 37.0 Å². The number of hydrogen-bond acceptors (Lipinski definition) is 5. The van der Waals surface area contributed by atoms with Crippen molar-refractivity contribution in [3.8, 4) is 0 Å². The van der Waals surface area contributed by atoms with Crippen LogP contribution in [0.3, 0.4) is 0 Å². The van der Waals surface area contributed by atoms with Crippen LogP contribution in [0.5, 0.6) is 0 Å². The van der Waals surface area contributed by atoms with Crippen molar-refractivity contribution in [2.75, 3.05) is 19.6 Å². The zero-order valence-electron chi connectivity index (χ0n) is 15.0. The Bertz CT molecular complexity index is 744. The molecule has 2 aromatic rings. The molecule has 1 aromatic heterocycles. The highest BCUT2D eigenvalue weighted by molar-refractivity contribution is 5.83. The Morgan fingerprint density at radius 1 is 1.35 bits per heavy atom. The summed E-state index contributed by atoms with van der Waals surface area (Å²) in [6, 6.07) is 9.96. The molecule has 1 N–H and O–H groups in total. The van der Waals surface area contributed by atoms with Crippen molar-refractivity contribution in [1.82, 2.24) is 20.4 Å². The van der Waals surface area contributed by atoms with Gasteiger partial charge in [0.25, 0.3) is 0 Å². The first kappa shape index (κ1) is 18.1. The molecule has 1 aliphatic heterocycles. The van der Waals surface area contributed by atoms with Crippen LogP contribution in [-0.2, 0) is 22.4 Å². The van der Waals surface area contributed by atoms with Gasteiger partial charge in [-0.05, 0) is 18.9 Å². The van der Waals surface area contributed by atoms with Crippen LogP contribution in [0.25, 0.3) is 0 Å². The van der Waals surface area contributed by atoms with E-state index in [0.29, 0.717) is 57.0 Å². The molecule has 0 unspecified atom stereocenters. The van der Waals surface area contributed by atoms with E-state index in [1.165, 1.54) is 0 Å². The average Bonchev–Trinajstić information content (AvgIpc) is 3.10. The molecule has 1 saturated heterocycles. The molecule has 0 saturated carbocycles. The lowest BCUT2D eigenvalue weighted by Gasteiger charge is -2.30. The van der Waals surface area contributed by atoms with Gasteiger partial charge < -0.3 is 14.7 Å². The lowest BCUT2D eigenvalue weighted by molar-refractivity contribution is -0.138. The zero-order chi connectivity index (χ0) is 18.4. The van der Waals surface area contributed by atoms with Gasteiger partial charge in [0.2, 0.25) is 17.7 Å². The Balaban J connectivity index is 1.43. The van der Waals surface area contributed by atoms with E-state index >= 15 is 0 Å². The lowest BCUT2D eigenvalue weighted by Crippen LogP contribution is -2.45. The summed E-state index contributed by atoms with van der Waals surface area (Å²) in [5, 5.41) is 6.90. The van der Waals surface area contributed by atoms with E-state index in [1.54, 1.807) is 4.90 Å². The van der Waals surface area contributed by atoms with Gasteiger partial charge in [0.1, 0.15) is 0 Å². The molecule has 0 aliphatic carbocycles. The molecule has 0 bridgehead atoms. The smallest absolute Gasteiger partial charge is 0.228 e. The van der Waals surface area contributed by atoms with Crippen LogP contribution < -0.4 is 5.32 Å². The number of hydrogen-bond donors (Lipinski definition) is 1. The quantitative estimate of drug-likeness (QED) is 0.814. The fraction of sp³-hybridized carbons (Fsp3) is 0.474. The van der Waals surface area contributed by atoms with Crippen molar-refractivity contribution in [3.05, 3.63) is 47.6 Å². The number of aromatic nitrogens is 2. The Morgan fingerprint density at radius 3 is 2.92 bits per heavy atom. The van der Waals surface area contributed by atoms with Gasteiger partial charge >= 0.3 is 0 Å². The lowest BCUT2D eigenvalue weighted by atomic mass is 9.96. The maximum Gasteiger partial charge on any atom is 0.228 e. The number of rotatable bonds is 7. The highest BCUT2D eigenvalue weighted by Crippen LogP contribution is 2.17. The topological polar surface area (TPSA) is 88.3 Å². The number of likely N-dealkylation sites (tertiary alicyclic amines) is 1. The van der Waals surface area contributed by atoms with Gasteiger partial charge in [-0.25, -0.2) is 0 Å². The van der Waals surface area contributed by atoms with E-state index in [4.69, 9.17) is 4.52 Å². The zero-order valence-corrected chi connectivity index (χ0v) is 15.0. The van der Waals surface area contributed by atoms with Crippen molar-refractivity contribution in [2.24, 2.45) is 5.92 Å². The van der Waals surface area contributed by atoms with Gasteiger partial charge in [-0.15, -0.1) is 0 Å². The van der Waals surface area contributed by atoms with Gasteiger partial charge in [0, 0.05) is 38.9 Å². The van der Waals surface area contributed by atoms with Crippen molar-refractivity contribution in [3.63, 3.8) is 0 Å². The van der Waals surface area contributed by atoms with Gasteiger partial charge in [-0.2, -0.15) is 4.98 Å². The molecular weight excluding hydrogens is 332 g/mol. The largest absolute Gasteiger partial charge is 0.355 e. The van der Waals surface area contributed by atoms with Gasteiger partial charge in [-0.1, -0.05) is 35.5 Å². The highest BCUT2D eigenvalue weighted by Gasteiger charge is 2.29. The Morgan fingerprint density at radius 2 is 2.15 bits per heavy atom. The summed E-state index contributed by atoms with van der Waals surface area (Å²) in [6.45, 7) is 3.53. The van der Waals surface area contributed by atoms with Gasteiger partial charge in [0.05, 0.1) is 5.92 Å². The molecule has 1 atom stereocenters. The predicted octanol–water partition coefficient (Wildman–Crippen LogP) is 1.58. The summed E-state index contributed by atoms with van der Waals surface area (Å²) in [4.78, 5) is 30.1. The van der Waals surface area contributed by atoms with E-state index in [0.717, 1.165) is 5.56 Å². The summed E-state index contributed by atoms with van der Waals surface area (Å²) >= 11 is 0. The maximum absolute atomic E-state index is 12.3. The fourth-order valence-corrected chi connectivity index (χ4v) is 3.11. The van der Waals surface area contributed by atoms with Crippen LogP contribution in [-0.4, -0.2) is 46.5 Å². The monoisotopic (exact) mass is 356 g/mol. The minimum absolute atomic E-state index is 0.0139. The molecule has 3 rings (SSSR count). The van der Waals surface area contributed by atoms with E-state index in [-0.39, 0.29) is 17.7 Å². The molecule has 1 fully saturated rings. The van der Waals surface area contributed by atoms with Crippen molar-refractivity contribution in [2.45, 2.75) is 32.6 Å². The first-order chi connectivity index (χ1) is 12.7. The number of nitrogens with one attached hydrogen (secondary N) is 1. The summed E-state index contributed by atoms with van der Waals surface area (Å²) in [5.41, 5.74) is 1.13. The summed E-state index contributed by atoms with van der Waals surface area (Å²) in [7, 11) is 0. The molecule has 2 amide bonds. The Hall–Kier alpha value is -2.70. The number of carbonyl (C=O) groups excluding carboxylic acids is 2. The molecule has 1 aromatic carbocycles. The molecule has 1 aliphatic rings. The molecular formula is C19H24N4O3. The fourth-order valence-electron chi connectivity index (χ4n) is 3.11. The number of carbonyl (C=O) groups is 2. The maximum atomic E-state index is 12.3. The normalized spacial score (nSPS) is 17.3. The summed E-state index contributed by atoms with van der Waals surface area (Å²) in [5.74, 6) is 1.14. The summed E-state index contributed by atoms with van der Waals surface area (Å²) in [6.07, 6.45) is 2.18. The number of nitrogens with zero attached hydrogens (tertiary/aromatic N) is 3. The van der Waals surface area contributed by atoms with E-state index in [1.807, 2.05) is 37.3 Å². The molecule has 2 heterocycles. The van der Waals surface area contributed by atoms with Crippen LogP contribution in [0.4, 0.5) is 0 Å². The molecule has 26 heavy (non-hydrogen) atoms. The number of amides is 2. The minimum atomic E-state index is -0.135. The average molecular weight is 356 g/mol. The van der Waals surface area contributed by atoms with Crippen molar-refractivity contribution in [1.29, 1.82) is 0 Å². The van der Waals surface area contributed by atoms with Crippen LogP contribution >= 0.6 is 0 Å². The minimum Gasteiger partial charge on any atom is -0.355 e. The SMILES string of the molecule is CCN1C[C@H](C(=O)NCCc2nc(Cc3ccccc3)no2)CCC1=O.